The van der Waals surface area contributed by atoms with Crippen LogP contribution in [0.3, 0.4) is 0 Å². The summed E-state index contributed by atoms with van der Waals surface area (Å²) in [5.74, 6) is 2.11. The van der Waals surface area contributed by atoms with Gasteiger partial charge < -0.3 is 23.5 Å². The Hall–Kier alpha value is -3.00. The van der Waals surface area contributed by atoms with Crippen molar-refractivity contribution in [2.24, 2.45) is 4.99 Å². The lowest BCUT2D eigenvalue weighted by Crippen LogP contribution is -2.36. The molecule has 0 N–H and O–H groups in total. The molecule has 1 aliphatic rings. The number of ether oxygens (including phenoxy) is 4. The van der Waals surface area contributed by atoms with E-state index in [9.17, 15) is 4.79 Å². The highest BCUT2D eigenvalue weighted by Gasteiger charge is 2.27. The number of methoxy groups -OCH3 is 2. The molecule has 0 aliphatic carbocycles. The summed E-state index contributed by atoms with van der Waals surface area (Å²) < 4.78 is 25.3. The van der Waals surface area contributed by atoms with E-state index in [1.165, 1.54) is 11.3 Å². The van der Waals surface area contributed by atoms with E-state index in [0.29, 0.717) is 27.8 Å². The quantitative estimate of drug-likeness (QED) is 0.640. The second-order valence-corrected chi connectivity index (χ2v) is 7.53. The molecule has 7 nitrogen and oxygen atoms in total. The fourth-order valence-electron chi connectivity index (χ4n) is 3.23. The number of carbonyl (C=O) groups excluding carboxylic acids is 1. The van der Waals surface area contributed by atoms with Crippen molar-refractivity contribution >= 4 is 27.5 Å². The third-order valence-electron chi connectivity index (χ3n) is 4.63. The molecule has 8 heteroatoms. The monoisotopic (exact) mass is 414 g/mol. The van der Waals surface area contributed by atoms with Gasteiger partial charge in [-0.1, -0.05) is 30.4 Å². The Kier molecular flexibility index (Phi) is 5.44. The van der Waals surface area contributed by atoms with Crippen molar-refractivity contribution < 1.29 is 23.7 Å². The van der Waals surface area contributed by atoms with Gasteiger partial charge in [-0.2, -0.15) is 4.99 Å². The van der Waals surface area contributed by atoms with E-state index in [1.54, 1.807) is 20.3 Å². The Labute approximate surface area is 172 Å². The normalized spacial score (nSPS) is 16.1. The van der Waals surface area contributed by atoms with Crippen LogP contribution < -0.4 is 23.7 Å². The maximum absolute atomic E-state index is 12.8. The summed E-state index contributed by atoms with van der Waals surface area (Å²) in [4.78, 5) is 17.8. The van der Waals surface area contributed by atoms with Gasteiger partial charge in [0.2, 0.25) is 6.10 Å². The highest BCUT2D eigenvalue weighted by molar-refractivity contribution is 7.16. The molecule has 0 saturated carbocycles. The zero-order chi connectivity index (χ0) is 20.4. The van der Waals surface area contributed by atoms with Crippen LogP contribution in [-0.2, 0) is 11.3 Å². The van der Waals surface area contributed by atoms with Crippen LogP contribution in [0.5, 0.6) is 23.0 Å². The van der Waals surface area contributed by atoms with Crippen molar-refractivity contribution in [2.75, 3.05) is 20.8 Å². The molecule has 0 bridgehead atoms. The maximum atomic E-state index is 12.8. The van der Waals surface area contributed by atoms with E-state index in [2.05, 4.69) is 11.9 Å². The summed E-state index contributed by atoms with van der Waals surface area (Å²) in [7, 11) is 3.21. The number of aryl methyl sites for hydroxylation is 1. The van der Waals surface area contributed by atoms with E-state index in [0.717, 1.165) is 23.2 Å². The molecule has 152 valence electrons. The van der Waals surface area contributed by atoms with Crippen LogP contribution in [-0.4, -0.2) is 37.4 Å². The standard InChI is InChI=1S/C21H22N2O5S/c1-4-9-23-13-10-16(25-2)17(26-3)11-19(13)29-21(23)22-20(24)18-12-27-14-7-5-6-8-15(14)28-18/h5-8,10-11,18H,4,9,12H2,1-3H3. The lowest BCUT2D eigenvalue weighted by Gasteiger charge is -2.23. The molecule has 4 rings (SSSR count). The molecule has 0 radical (unpaired) electrons. The number of amides is 1. The number of aromatic nitrogens is 1. The molecule has 2 heterocycles. The fourth-order valence-corrected chi connectivity index (χ4v) is 4.30. The minimum Gasteiger partial charge on any atom is -0.493 e. The molecule has 0 saturated heterocycles. The van der Waals surface area contributed by atoms with Gasteiger partial charge in [-0.05, 0) is 18.6 Å². The Bertz CT molecular complexity index is 1120. The predicted molar refractivity (Wildman–Crippen MR) is 110 cm³/mol. The van der Waals surface area contributed by atoms with Gasteiger partial charge in [0.15, 0.2) is 27.8 Å². The third-order valence-corrected chi connectivity index (χ3v) is 5.67. The average molecular weight is 414 g/mol. The minimum atomic E-state index is -0.769. The molecule has 3 aromatic rings. The third kappa shape index (κ3) is 3.67. The topological polar surface area (TPSA) is 71.3 Å². The number of carbonyl (C=O) groups is 1. The predicted octanol–water partition coefficient (Wildman–Crippen LogP) is 3.40. The Morgan fingerprint density at radius 1 is 1.21 bits per heavy atom. The Morgan fingerprint density at radius 3 is 2.66 bits per heavy atom. The molecule has 0 spiro atoms. The van der Waals surface area contributed by atoms with Crippen molar-refractivity contribution in [1.29, 1.82) is 0 Å². The first-order valence-corrected chi connectivity index (χ1v) is 10.2. The summed E-state index contributed by atoms with van der Waals surface area (Å²) in [5, 5.41) is 0. The van der Waals surface area contributed by atoms with Gasteiger partial charge in [-0.3, -0.25) is 4.79 Å². The largest absolute Gasteiger partial charge is 0.493 e. The summed E-state index contributed by atoms with van der Waals surface area (Å²) in [6.07, 6.45) is 0.132. The highest BCUT2D eigenvalue weighted by atomic mass is 32.1. The molecular weight excluding hydrogens is 392 g/mol. The average Bonchev–Trinajstić information content (AvgIpc) is 3.08. The first kappa shape index (κ1) is 19.3. The van der Waals surface area contributed by atoms with Gasteiger partial charge in [0.1, 0.15) is 6.61 Å². The van der Waals surface area contributed by atoms with Gasteiger partial charge in [0, 0.05) is 18.7 Å². The zero-order valence-corrected chi connectivity index (χ0v) is 17.3. The van der Waals surface area contributed by atoms with Crippen LogP contribution in [0.15, 0.2) is 41.4 Å². The van der Waals surface area contributed by atoms with E-state index in [-0.39, 0.29) is 12.5 Å². The molecule has 1 unspecified atom stereocenters. The lowest BCUT2D eigenvalue weighted by molar-refractivity contribution is -0.127. The van der Waals surface area contributed by atoms with Crippen LogP contribution in [0.1, 0.15) is 13.3 Å². The fraction of sp³-hybridized carbons (Fsp3) is 0.333. The molecule has 1 amide bonds. The summed E-state index contributed by atoms with van der Waals surface area (Å²) in [6.45, 7) is 2.95. The van der Waals surface area contributed by atoms with Crippen molar-refractivity contribution in [3.05, 3.63) is 41.2 Å². The van der Waals surface area contributed by atoms with Crippen LogP contribution in [0.4, 0.5) is 0 Å². The molecule has 2 aromatic carbocycles. The van der Waals surface area contributed by atoms with E-state index >= 15 is 0 Å². The van der Waals surface area contributed by atoms with E-state index in [4.69, 9.17) is 18.9 Å². The van der Waals surface area contributed by atoms with E-state index in [1.807, 2.05) is 34.9 Å². The second-order valence-electron chi connectivity index (χ2n) is 6.53. The minimum absolute atomic E-state index is 0.139. The van der Waals surface area contributed by atoms with Gasteiger partial charge >= 0.3 is 0 Å². The molecule has 1 aliphatic heterocycles. The highest BCUT2D eigenvalue weighted by Crippen LogP contribution is 2.34. The number of thiazole rings is 1. The SMILES string of the molecule is CCCn1c(=NC(=O)C2COc3ccccc3O2)sc2cc(OC)c(OC)cc21. The van der Waals surface area contributed by atoms with Crippen molar-refractivity contribution in [3.63, 3.8) is 0 Å². The van der Waals surface area contributed by atoms with Crippen LogP contribution in [0.25, 0.3) is 10.2 Å². The van der Waals surface area contributed by atoms with Gasteiger partial charge in [-0.15, -0.1) is 0 Å². The van der Waals surface area contributed by atoms with Crippen molar-refractivity contribution in [1.82, 2.24) is 4.57 Å². The molecule has 0 fully saturated rings. The van der Waals surface area contributed by atoms with Gasteiger partial charge in [0.05, 0.1) is 24.4 Å². The number of hydrogen-bond donors (Lipinski definition) is 0. The summed E-state index contributed by atoms with van der Waals surface area (Å²) >= 11 is 1.43. The van der Waals surface area contributed by atoms with Crippen LogP contribution in [0, 0.1) is 0 Å². The Morgan fingerprint density at radius 2 is 1.93 bits per heavy atom. The van der Waals surface area contributed by atoms with Gasteiger partial charge in [-0.25, -0.2) is 0 Å². The Balaban J connectivity index is 1.73. The summed E-state index contributed by atoms with van der Waals surface area (Å²) in [5.41, 5.74) is 0.951. The number of rotatable bonds is 5. The van der Waals surface area contributed by atoms with E-state index < -0.39 is 6.10 Å². The number of nitrogens with zero attached hydrogens (tertiary/aromatic N) is 2. The van der Waals surface area contributed by atoms with Crippen LogP contribution >= 0.6 is 11.3 Å². The molecule has 1 atom stereocenters. The number of para-hydroxylation sites is 2. The number of benzene rings is 2. The molecule has 1 aromatic heterocycles. The smallest absolute Gasteiger partial charge is 0.292 e. The maximum Gasteiger partial charge on any atom is 0.292 e. The van der Waals surface area contributed by atoms with Crippen molar-refractivity contribution in [3.8, 4) is 23.0 Å². The second kappa shape index (κ2) is 8.16. The van der Waals surface area contributed by atoms with Gasteiger partial charge in [0.25, 0.3) is 5.91 Å². The molecule has 29 heavy (non-hydrogen) atoms. The van der Waals surface area contributed by atoms with Crippen LogP contribution in [0.2, 0.25) is 0 Å². The molecular formula is C21H22N2O5S. The lowest BCUT2D eigenvalue weighted by atomic mass is 10.2. The zero-order valence-electron chi connectivity index (χ0n) is 16.5. The number of hydrogen-bond acceptors (Lipinski definition) is 6. The summed E-state index contributed by atoms with van der Waals surface area (Å²) in [6, 6.07) is 11.1. The first-order valence-electron chi connectivity index (χ1n) is 9.37. The van der Waals surface area contributed by atoms with Crippen molar-refractivity contribution in [2.45, 2.75) is 26.0 Å². The number of fused-ring (bicyclic) bond motifs is 2. The first-order chi connectivity index (χ1) is 14.1.